The maximum atomic E-state index is 12.7. The van der Waals surface area contributed by atoms with Gasteiger partial charge in [0.1, 0.15) is 5.75 Å². The van der Waals surface area contributed by atoms with E-state index in [2.05, 4.69) is 10.1 Å². The van der Waals surface area contributed by atoms with Gasteiger partial charge in [-0.1, -0.05) is 11.3 Å². The fraction of sp³-hybridized carbons (Fsp3) is 0.421. The lowest BCUT2D eigenvalue weighted by molar-refractivity contribution is 0.0991. The molecule has 0 aliphatic rings. The molecule has 0 saturated carbocycles. The lowest BCUT2D eigenvalue weighted by atomic mass is 10.3. The van der Waals surface area contributed by atoms with Crippen molar-refractivity contribution in [1.82, 2.24) is 14.3 Å². The molecule has 0 N–H and O–H groups in total. The maximum absolute atomic E-state index is 12.7. The van der Waals surface area contributed by atoms with E-state index in [0.29, 0.717) is 30.3 Å². The molecule has 0 saturated heterocycles. The maximum Gasteiger partial charge on any atom is 0.300 e. The minimum Gasteiger partial charge on any atom is -0.497 e. The predicted molar refractivity (Wildman–Crippen MR) is 105 cm³/mol. The minimum absolute atomic E-state index is 0.339. The van der Waals surface area contributed by atoms with Crippen molar-refractivity contribution in [1.29, 1.82) is 0 Å². The van der Waals surface area contributed by atoms with Crippen molar-refractivity contribution in [3.05, 3.63) is 40.5 Å². The number of ether oxygens (including phenoxy) is 2. The highest BCUT2D eigenvalue weighted by Crippen LogP contribution is 2.23. The molecule has 0 atom stereocenters. The van der Waals surface area contributed by atoms with Crippen LogP contribution in [0.5, 0.6) is 5.75 Å². The second kappa shape index (κ2) is 8.49. The van der Waals surface area contributed by atoms with E-state index in [0.717, 1.165) is 28.2 Å². The molecule has 0 bridgehead atoms. The standard InChI is InChI=1S/C19H24N4O3S/c1-5-23-13(3)11-15(21-23)18(24)20-19-22(9-10-26-6-2)16-8-7-14(25-4)12-17(16)27-19/h7-8,11-12H,5-6,9-10H2,1-4H3. The van der Waals surface area contributed by atoms with E-state index in [9.17, 15) is 4.79 Å². The van der Waals surface area contributed by atoms with Gasteiger partial charge in [0, 0.05) is 25.4 Å². The van der Waals surface area contributed by atoms with Gasteiger partial charge in [0.2, 0.25) is 0 Å². The van der Waals surface area contributed by atoms with Crippen molar-refractivity contribution in [3.8, 4) is 5.75 Å². The Bertz CT molecular complexity index is 1020. The molecule has 0 radical (unpaired) electrons. The van der Waals surface area contributed by atoms with Gasteiger partial charge < -0.3 is 14.0 Å². The molecule has 0 aliphatic carbocycles. The average Bonchev–Trinajstić information content (AvgIpc) is 3.21. The minimum atomic E-state index is -0.339. The van der Waals surface area contributed by atoms with Crippen molar-refractivity contribution in [3.63, 3.8) is 0 Å². The fourth-order valence-corrected chi connectivity index (χ4v) is 3.94. The molecule has 0 aliphatic heterocycles. The van der Waals surface area contributed by atoms with E-state index in [-0.39, 0.29) is 5.91 Å². The molecule has 2 aromatic heterocycles. The van der Waals surface area contributed by atoms with Gasteiger partial charge in [0.25, 0.3) is 5.91 Å². The van der Waals surface area contributed by atoms with Crippen molar-refractivity contribution in [2.24, 2.45) is 4.99 Å². The summed E-state index contributed by atoms with van der Waals surface area (Å²) >= 11 is 1.46. The summed E-state index contributed by atoms with van der Waals surface area (Å²) in [6.07, 6.45) is 0. The smallest absolute Gasteiger partial charge is 0.300 e. The number of methoxy groups -OCH3 is 1. The molecular formula is C19H24N4O3S. The summed E-state index contributed by atoms with van der Waals surface area (Å²) in [7, 11) is 1.64. The summed E-state index contributed by atoms with van der Waals surface area (Å²) in [5.74, 6) is 0.435. The Labute approximate surface area is 161 Å². The molecule has 1 aromatic carbocycles. The normalized spacial score (nSPS) is 12.1. The summed E-state index contributed by atoms with van der Waals surface area (Å²) in [5.41, 5.74) is 2.31. The summed E-state index contributed by atoms with van der Waals surface area (Å²) in [4.78, 5) is 17.7. The number of amides is 1. The predicted octanol–water partition coefficient (Wildman–Crippen LogP) is 3.01. The van der Waals surface area contributed by atoms with Crippen LogP contribution in [0.3, 0.4) is 0 Å². The van der Waals surface area contributed by atoms with Crippen LogP contribution in [-0.2, 0) is 17.8 Å². The van der Waals surface area contributed by atoms with E-state index < -0.39 is 0 Å². The van der Waals surface area contributed by atoms with Gasteiger partial charge in [-0.2, -0.15) is 10.1 Å². The fourth-order valence-electron chi connectivity index (χ4n) is 2.86. The first-order valence-corrected chi connectivity index (χ1v) is 9.77. The second-order valence-electron chi connectivity index (χ2n) is 5.97. The zero-order chi connectivity index (χ0) is 19.4. The molecule has 1 amide bonds. The molecule has 8 heteroatoms. The van der Waals surface area contributed by atoms with E-state index in [1.807, 2.05) is 43.5 Å². The van der Waals surface area contributed by atoms with Crippen LogP contribution in [-0.4, -0.2) is 40.6 Å². The molecule has 0 spiro atoms. The van der Waals surface area contributed by atoms with Gasteiger partial charge in [0.05, 0.1) is 23.9 Å². The number of carbonyl (C=O) groups is 1. The van der Waals surface area contributed by atoms with Crippen LogP contribution >= 0.6 is 11.3 Å². The first kappa shape index (κ1) is 19.3. The number of fused-ring (bicyclic) bond motifs is 1. The summed E-state index contributed by atoms with van der Waals surface area (Å²) in [5, 5.41) is 4.33. The van der Waals surface area contributed by atoms with Gasteiger partial charge in [-0.05, 0) is 45.0 Å². The Morgan fingerprint density at radius 3 is 2.78 bits per heavy atom. The summed E-state index contributed by atoms with van der Waals surface area (Å²) in [6, 6.07) is 7.62. The van der Waals surface area contributed by atoms with Crippen LogP contribution in [0.4, 0.5) is 0 Å². The van der Waals surface area contributed by atoms with Gasteiger partial charge in [0.15, 0.2) is 10.5 Å². The number of thiazole rings is 1. The molecule has 0 fully saturated rings. The van der Waals surface area contributed by atoms with Crippen LogP contribution in [0.2, 0.25) is 0 Å². The number of nitrogens with zero attached hydrogens (tertiary/aromatic N) is 4. The number of benzene rings is 1. The van der Waals surface area contributed by atoms with Crippen molar-refractivity contribution in [2.75, 3.05) is 20.3 Å². The Balaban J connectivity index is 2.05. The number of aromatic nitrogens is 3. The third kappa shape index (κ3) is 4.12. The topological polar surface area (TPSA) is 70.6 Å². The summed E-state index contributed by atoms with van der Waals surface area (Å²) in [6.45, 7) is 8.43. The van der Waals surface area contributed by atoms with Gasteiger partial charge in [-0.15, -0.1) is 0 Å². The highest BCUT2D eigenvalue weighted by Gasteiger charge is 2.13. The molecule has 27 heavy (non-hydrogen) atoms. The summed E-state index contributed by atoms with van der Waals surface area (Å²) < 4.78 is 15.6. The molecule has 7 nitrogen and oxygen atoms in total. The van der Waals surface area contributed by atoms with E-state index in [1.54, 1.807) is 17.9 Å². The van der Waals surface area contributed by atoms with Crippen LogP contribution < -0.4 is 9.54 Å². The van der Waals surface area contributed by atoms with Crippen molar-refractivity contribution >= 4 is 27.5 Å². The first-order chi connectivity index (χ1) is 13.1. The van der Waals surface area contributed by atoms with Crippen molar-refractivity contribution in [2.45, 2.75) is 33.9 Å². The molecule has 3 aromatic rings. The number of aryl methyl sites for hydroxylation is 2. The number of rotatable bonds is 7. The number of hydrogen-bond donors (Lipinski definition) is 0. The molecule has 144 valence electrons. The van der Waals surface area contributed by atoms with Gasteiger partial charge >= 0.3 is 0 Å². The third-order valence-electron chi connectivity index (χ3n) is 4.25. The van der Waals surface area contributed by atoms with Gasteiger partial charge in [-0.25, -0.2) is 0 Å². The molecule has 0 unspecified atom stereocenters. The molecule has 2 heterocycles. The highest BCUT2D eigenvalue weighted by atomic mass is 32.1. The van der Waals surface area contributed by atoms with Gasteiger partial charge in [-0.3, -0.25) is 9.48 Å². The Hall–Kier alpha value is -2.45. The van der Waals surface area contributed by atoms with Crippen LogP contribution in [0.15, 0.2) is 29.3 Å². The molecule has 3 rings (SSSR count). The number of hydrogen-bond acceptors (Lipinski definition) is 5. The van der Waals surface area contributed by atoms with Crippen LogP contribution in [0.25, 0.3) is 10.2 Å². The van der Waals surface area contributed by atoms with E-state index in [1.165, 1.54) is 11.3 Å². The van der Waals surface area contributed by atoms with Crippen LogP contribution in [0.1, 0.15) is 30.0 Å². The Morgan fingerprint density at radius 2 is 2.11 bits per heavy atom. The Morgan fingerprint density at radius 1 is 1.30 bits per heavy atom. The van der Waals surface area contributed by atoms with E-state index >= 15 is 0 Å². The first-order valence-electron chi connectivity index (χ1n) is 8.96. The SMILES string of the molecule is CCOCCn1c(=NC(=O)c2cc(C)n(CC)n2)sc2cc(OC)ccc21. The Kier molecular flexibility index (Phi) is 6.08. The van der Waals surface area contributed by atoms with Crippen molar-refractivity contribution < 1.29 is 14.3 Å². The molecular weight excluding hydrogens is 364 g/mol. The largest absolute Gasteiger partial charge is 0.497 e. The second-order valence-corrected chi connectivity index (χ2v) is 6.98. The van der Waals surface area contributed by atoms with E-state index in [4.69, 9.17) is 9.47 Å². The third-order valence-corrected chi connectivity index (χ3v) is 5.29. The number of carbonyl (C=O) groups excluding carboxylic acids is 1. The average molecular weight is 388 g/mol. The lowest BCUT2D eigenvalue weighted by Crippen LogP contribution is -2.20. The zero-order valence-corrected chi connectivity index (χ0v) is 16.9. The monoisotopic (exact) mass is 388 g/mol. The highest BCUT2D eigenvalue weighted by molar-refractivity contribution is 7.16. The zero-order valence-electron chi connectivity index (χ0n) is 16.1. The lowest BCUT2D eigenvalue weighted by Gasteiger charge is -2.06. The quantitative estimate of drug-likeness (QED) is 0.584. The van der Waals surface area contributed by atoms with Crippen LogP contribution in [0, 0.1) is 6.92 Å².